The van der Waals surface area contributed by atoms with E-state index in [0.29, 0.717) is 10.1 Å². The third-order valence-corrected chi connectivity index (χ3v) is 4.59. The van der Waals surface area contributed by atoms with Gasteiger partial charge in [0.2, 0.25) is 0 Å². The number of rotatable bonds is 3. The monoisotopic (exact) mass is 303 g/mol. The molecule has 2 heterocycles. The van der Waals surface area contributed by atoms with Crippen LogP contribution in [-0.2, 0) is 11.2 Å². The molecule has 1 amide bonds. The first-order valence-corrected chi connectivity index (χ1v) is 7.72. The van der Waals surface area contributed by atoms with Crippen molar-refractivity contribution < 1.29 is 4.79 Å². The molecule has 20 heavy (non-hydrogen) atoms. The Kier molecular flexibility index (Phi) is 3.58. The predicted molar refractivity (Wildman–Crippen MR) is 87.2 cm³/mol. The summed E-state index contributed by atoms with van der Waals surface area (Å²) < 4.78 is 0.514. The van der Waals surface area contributed by atoms with E-state index in [1.54, 1.807) is 6.21 Å². The number of amides is 1. The number of nitrogens with zero attached hydrogens (tertiary/aromatic N) is 2. The number of thioether (sulfide) groups is 1. The molecule has 6 heteroatoms. The Labute approximate surface area is 126 Å². The maximum atomic E-state index is 11.6. The van der Waals surface area contributed by atoms with Gasteiger partial charge in [0.05, 0.1) is 12.0 Å². The van der Waals surface area contributed by atoms with E-state index in [9.17, 15) is 4.79 Å². The number of nitrogens with one attached hydrogen (secondary N) is 1. The van der Waals surface area contributed by atoms with Crippen LogP contribution in [0.5, 0.6) is 0 Å². The molecular formula is C14H13N3OS2. The maximum Gasteiger partial charge on any atom is 0.259 e. The number of carbonyl (C=O) groups is 1. The summed E-state index contributed by atoms with van der Waals surface area (Å²) in [5, 5.41) is 6.61. The van der Waals surface area contributed by atoms with Gasteiger partial charge < -0.3 is 4.98 Å². The van der Waals surface area contributed by atoms with Gasteiger partial charge in [-0.3, -0.25) is 4.79 Å². The molecule has 0 radical (unpaired) electrons. The van der Waals surface area contributed by atoms with Gasteiger partial charge in [0.15, 0.2) is 4.32 Å². The van der Waals surface area contributed by atoms with Crippen LogP contribution in [0.3, 0.4) is 0 Å². The molecule has 1 aliphatic heterocycles. The van der Waals surface area contributed by atoms with Crippen LogP contribution in [0.15, 0.2) is 29.5 Å². The SMILES string of the molecule is CCc1cccc2c(/C=N\N3C(=O)CSC3=S)c[nH]c12. The molecule has 4 nitrogen and oxygen atoms in total. The minimum atomic E-state index is -0.0645. The van der Waals surface area contributed by atoms with Crippen LogP contribution < -0.4 is 0 Å². The molecule has 3 rings (SSSR count). The van der Waals surface area contributed by atoms with Gasteiger partial charge in [0, 0.05) is 22.7 Å². The van der Waals surface area contributed by atoms with Gasteiger partial charge >= 0.3 is 0 Å². The number of hydrazone groups is 1. The Morgan fingerprint density at radius 2 is 2.40 bits per heavy atom. The van der Waals surface area contributed by atoms with E-state index in [2.05, 4.69) is 23.1 Å². The minimum absolute atomic E-state index is 0.0645. The van der Waals surface area contributed by atoms with E-state index < -0.39 is 0 Å². The Balaban J connectivity index is 1.95. The van der Waals surface area contributed by atoms with Gasteiger partial charge in [-0.1, -0.05) is 49.1 Å². The van der Waals surface area contributed by atoms with Crippen molar-refractivity contribution in [1.82, 2.24) is 9.99 Å². The van der Waals surface area contributed by atoms with Crippen molar-refractivity contribution in [3.63, 3.8) is 0 Å². The first kappa shape index (κ1) is 13.3. The van der Waals surface area contributed by atoms with E-state index in [0.717, 1.165) is 22.9 Å². The average Bonchev–Trinajstić information content (AvgIpc) is 3.01. The highest BCUT2D eigenvalue weighted by molar-refractivity contribution is 8.23. The lowest BCUT2D eigenvalue weighted by molar-refractivity contribution is -0.123. The molecule has 1 fully saturated rings. The Morgan fingerprint density at radius 1 is 1.55 bits per heavy atom. The number of carbonyl (C=O) groups excluding carboxylic acids is 1. The molecule has 0 spiro atoms. The van der Waals surface area contributed by atoms with E-state index in [-0.39, 0.29) is 5.91 Å². The van der Waals surface area contributed by atoms with Crippen molar-refractivity contribution in [2.45, 2.75) is 13.3 Å². The highest BCUT2D eigenvalue weighted by atomic mass is 32.2. The first-order chi connectivity index (χ1) is 9.70. The van der Waals surface area contributed by atoms with Crippen LogP contribution in [0.1, 0.15) is 18.1 Å². The standard InChI is InChI=1S/C14H13N3OS2/c1-2-9-4-3-5-11-10(6-15-13(9)11)7-16-17-12(18)8-20-14(17)19/h3-7,15H,2,8H2,1H3/b16-7-. The number of hydrogen-bond donors (Lipinski definition) is 1. The van der Waals surface area contributed by atoms with E-state index in [4.69, 9.17) is 12.2 Å². The molecule has 0 saturated carbocycles. The van der Waals surface area contributed by atoms with E-state index in [1.807, 2.05) is 18.3 Å². The first-order valence-electron chi connectivity index (χ1n) is 6.33. The molecule has 0 aliphatic carbocycles. The summed E-state index contributed by atoms with van der Waals surface area (Å²) in [4.78, 5) is 14.9. The number of aromatic nitrogens is 1. The number of thiocarbonyl (C=S) groups is 1. The Hall–Kier alpha value is -1.66. The summed E-state index contributed by atoms with van der Waals surface area (Å²) >= 11 is 6.44. The zero-order valence-corrected chi connectivity index (χ0v) is 12.6. The van der Waals surface area contributed by atoms with Crippen LogP contribution in [0.4, 0.5) is 0 Å². The predicted octanol–water partition coefficient (Wildman–Crippen LogP) is 2.92. The summed E-state index contributed by atoms with van der Waals surface area (Å²) in [6.07, 6.45) is 4.57. The second-order valence-corrected chi connectivity index (χ2v) is 6.05. The average molecular weight is 303 g/mol. The van der Waals surface area contributed by atoms with Crippen molar-refractivity contribution in [2.24, 2.45) is 5.10 Å². The molecule has 0 bridgehead atoms. The molecule has 1 aromatic carbocycles. The zero-order chi connectivity index (χ0) is 14.1. The van der Waals surface area contributed by atoms with Crippen molar-refractivity contribution in [3.05, 3.63) is 35.5 Å². The molecule has 102 valence electrons. The van der Waals surface area contributed by atoms with Crippen molar-refractivity contribution in [1.29, 1.82) is 0 Å². The number of para-hydroxylation sites is 1. The van der Waals surface area contributed by atoms with Crippen LogP contribution >= 0.6 is 24.0 Å². The molecule has 0 atom stereocenters. The highest BCUT2D eigenvalue weighted by Crippen LogP contribution is 2.22. The molecule has 2 aromatic rings. The third kappa shape index (κ3) is 2.25. The summed E-state index contributed by atoms with van der Waals surface area (Å²) in [5.41, 5.74) is 3.36. The van der Waals surface area contributed by atoms with Crippen LogP contribution in [-0.4, -0.2) is 32.2 Å². The normalized spacial score (nSPS) is 15.9. The van der Waals surface area contributed by atoms with Gasteiger partial charge in [0.1, 0.15) is 0 Å². The second kappa shape index (κ2) is 5.38. The second-order valence-electron chi connectivity index (χ2n) is 4.44. The van der Waals surface area contributed by atoms with E-state index >= 15 is 0 Å². The molecule has 1 N–H and O–H groups in total. The van der Waals surface area contributed by atoms with Gasteiger partial charge in [-0.25, -0.2) is 0 Å². The molecule has 1 aromatic heterocycles. The zero-order valence-electron chi connectivity index (χ0n) is 10.9. The molecule has 1 aliphatic rings. The van der Waals surface area contributed by atoms with Gasteiger partial charge in [-0.2, -0.15) is 10.1 Å². The lowest BCUT2D eigenvalue weighted by Crippen LogP contribution is -2.22. The third-order valence-electron chi connectivity index (χ3n) is 3.26. The Bertz CT molecular complexity index is 704. The summed E-state index contributed by atoms with van der Waals surface area (Å²) in [6, 6.07) is 6.19. The number of benzene rings is 1. The largest absolute Gasteiger partial charge is 0.360 e. The van der Waals surface area contributed by atoms with Crippen LogP contribution in [0.2, 0.25) is 0 Å². The van der Waals surface area contributed by atoms with Crippen molar-refractivity contribution in [3.8, 4) is 0 Å². The number of aromatic amines is 1. The van der Waals surface area contributed by atoms with E-state index in [1.165, 1.54) is 22.3 Å². The number of hydrogen-bond acceptors (Lipinski definition) is 4. The fourth-order valence-electron chi connectivity index (χ4n) is 2.22. The molecule has 1 saturated heterocycles. The molecule has 0 unspecified atom stereocenters. The smallest absolute Gasteiger partial charge is 0.259 e. The number of aryl methyl sites for hydroxylation is 1. The maximum absolute atomic E-state index is 11.6. The summed E-state index contributed by atoms with van der Waals surface area (Å²) in [7, 11) is 0. The van der Waals surface area contributed by atoms with Crippen molar-refractivity contribution in [2.75, 3.05) is 5.75 Å². The highest BCUT2D eigenvalue weighted by Gasteiger charge is 2.26. The Morgan fingerprint density at radius 3 is 3.10 bits per heavy atom. The summed E-state index contributed by atoms with van der Waals surface area (Å²) in [6.45, 7) is 2.13. The van der Waals surface area contributed by atoms with Gasteiger partial charge in [0.25, 0.3) is 5.91 Å². The lowest BCUT2D eigenvalue weighted by Gasteiger charge is -2.05. The topological polar surface area (TPSA) is 48.5 Å². The fraction of sp³-hybridized carbons (Fsp3) is 0.214. The number of fused-ring (bicyclic) bond motifs is 1. The summed E-state index contributed by atoms with van der Waals surface area (Å²) in [5.74, 6) is 0.315. The minimum Gasteiger partial charge on any atom is -0.360 e. The van der Waals surface area contributed by atoms with Gasteiger partial charge in [-0.05, 0) is 12.0 Å². The van der Waals surface area contributed by atoms with Crippen LogP contribution in [0.25, 0.3) is 10.9 Å². The number of H-pyrrole nitrogens is 1. The van der Waals surface area contributed by atoms with Gasteiger partial charge in [-0.15, -0.1) is 0 Å². The fourth-order valence-corrected chi connectivity index (χ4v) is 3.19. The molecular weight excluding hydrogens is 290 g/mol. The van der Waals surface area contributed by atoms with Crippen LogP contribution in [0, 0.1) is 0 Å². The quantitative estimate of drug-likeness (QED) is 0.700. The van der Waals surface area contributed by atoms with Crippen molar-refractivity contribution >= 4 is 51.3 Å². The lowest BCUT2D eigenvalue weighted by atomic mass is 10.1.